The average Bonchev–Trinajstić information content (AvgIpc) is 2.61. The minimum atomic E-state index is -0.166. The lowest BCUT2D eigenvalue weighted by Gasteiger charge is -2.21. The van der Waals surface area contributed by atoms with Gasteiger partial charge < -0.3 is 5.32 Å². The van der Waals surface area contributed by atoms with Gasteiger partial charge in [-0.05, 0) is 42.7 Å². The Hall–Kier alpha value is -2.87. The molecule has 2 nitrogen and oxygen atoms in total. The molecule has 0 aliphatic heterocycles. The van der Waals surface area contributed by atoms with E-state index in [1.165, 1.54) is 0 Å². The van der Waals surface area contributed by atoms with Crippen LogP contribution >= 0.6 is 0 Å². The maximum absolute atomic E-state index is 12.7. The van der Waals surface area contributed by atoms with Crippen LogP contribution in [-0.4, -0.2) is 5.91 Å². The topological polar surface area (TPSA) is 29.1 Å². The van der Waals surface area contributed by atoms with Gasteiger partial charge in [-0.3, -0.25) is 4.79 Å². The van der Waals surface area contributed by atoms with Gasteiger partial charge in [-0.15, -0.1) is 0 Å². The van der Waals surface area contributed by atoms with Crippen LogP contribution in [0.5, 0.6) is 0 Å². The molecular formula is C22H21NO. The van der Waals surface area contributed by atoms with E-state index >= 15 is 0 Å². The van der Waals surface area contributed by atoms with Crippen LogP contribution in [0.25, 0.3) is 0 Å². The minimum Gasteiger partial charge on any atom is -0.341 e. The Bertz CT molecular complexity index is 822. The third-order valence-corrected chi connectivity index (χ3v) is 4.22. The van der Waals surface area contributed by atoms with Gasteiger partial charge in [-0.1, -0.05) is 72.3 Å². The van der Waals surface area contributed by atoms with Crippen molar-refractivity contribution >= 4 is 5.91 Å². The fourth-order valence-corrected chi connectivity index (χ4v) is 2.82. The highest BCUT2D eigenvalue weighted by Gasteiger charge is 2.19. The van der Waals surface area contributed by atoms with E-state index in [0.717, 1.165) is 22.3 Å². The number of amides is 1. The molecular weight excluding hydrogens is 294 g/mol. The summed E-state index contributed by atoms with van der Waals surface area (Å²) in [7, 11) is 0. The molecule has 1 amide bonds. The van der Waals surface area contributed by atoms with Crippen molar-refractivity contribution < 1.29 is 4.79 Å². The summed E-state index contributed by atoms with van der Waals surface area (Å²) in [5.74, 6) is -0.0629. The molecule has 0 aromatic heterocycles. The lowest BCUT2D eigenvalue weighted by molar-refractivity contribution is 0.0943. The molecule has 1 N–H and O–H groups in total. The smallest absolute Gasteiger partial charge is 0.252 e. The van der Waals surface area contributed by atoms with Crippen molar-refractivity contribution in [2.75, 3.05) is 0 Å². The predicted octanol–water partition coefficient (Wildman–Crippen LogP) is 4.82. The first kappa shape index (κ1) is 16.0. The van der Waals surface area contributed by atoms with Crippen LogP contribution in [0.1, 0.15) is 38.7 Å². The van der Waals surface area contributed by atoms with Gasteiger partial charge >= 0.3 is 0 Å². The quantitative estimate of drug-likeness (QED) is 0.734. The minimum absolute atomic E-state index is 0.0629. The molecule has 120 valence electrons. The van der Waals surface area contributed by atoms with Crippen molar-refractivity contribution in [2.45, 2.75) is 19.9 Å². The number of aryl methyl sites for hydroxylation is 2. The highest BCUT2D eigenvalue weighted by atomic mass is 16.1. The zero-order valence-corrected chi connectivity index (χ0v) is 14.0. The second-order valence-electron chi connectivity index (χ2n) is 6.04. The molecule has 3 rings (SSSR count). The highest BCUT2D eigenvalue weighted by molar-refractivity contribution is 5.94. The molecule has 0 saturated heterocycles. The van der Waals surface area contributed by atoms with Crippen LogP contribution in [0.4, 0.5) is 0 Å². The number of hydrogen-bond acceptors (Lipinski definition) is 1. The van der Waals surface area contributed by atoms with E-state index in [9.17, 15) is 4.79 Å². The van der Waals surface area contributed by atoms with Crippen LogP contribution in [0.2, 0.25) is 0 Å². The summed E-state index contributed by atoms with van der Waals surface area (Å²) < 4.78 is 0. The third kappa shape index (κ3) is 3.54. The van der Waals surface area contributed by atoms with E-state index in [-0.39, 0.29) is 11.9 Å². The summed E-state index contributed by atoms with van der Waals surface area (Å²) in [4.78, 5) is 12.7. The first-order chi connectivity index (χ1) is 11.6. The highest BCUT2D eigenvalue weighted by Crippen LogP contribution is 2.25. The summed E-state index contributed by atoms with van der Waals surface area (Å²) >= 11 is 0. The molecule has 1 atom stereocenters. The molecule has 0 fully saturated rings. The van der Waals surface area contributed by atoms with Crippen LogP contribution in [-0.2, 0) is 0 Å². The van der Waals surface area contributed by atoms with Crippen LogP contribution < -0.4 is 5.32 Å². The molecule has 0 saturated carbocycles. The maximum Gasteiger partial charge on any atom is 0.252 e. The Morgan fingerprint density at radius 3 is 2.08 bits per heavy atom. The number of carbonyl (C=O) groups is 1. The zero-order chi connectivity index (χ0) is 16.9. The Kier molecular flexibility index (Phi) is 4.76. The Labute approximate surface area is 143 Å². The van der Waals surface area contributed by atoms with Crippen LogP contribution in [0.15, 0.2) is 78.9 Å². The molecule has 3 aromatic rings. The van der Waals surface area contributed by atoms with Gasteiger partial charge in [0.1, 0.15) is 0 Å². The molecule has 24 heavy (non-hydrogen) atoms. The van der Waals surface area contributed by atoms with E-state index in [1.807, 2.05) is 73.7 Å². The normalized spacial score (nSPS) is 11.8. The number of benzene rings is 3. The van der Waals surface area contributed by atoms with E-state index < -0.39 is 0 Å². The Balaban J connectivity index is 1.95. The van der Waals surface area contributed by atoms with Gasteiger partial charge in [0.25, 0.3) is 5.91 Å². The van der Waals surface area contributed by atoms with E-state index in [1.54, 1.807) is 0 Å². The molecule has 3 aromatic carbocycles. The van der Waals surface area contributed by atoms with Gasteiger partial charge in [-0.25, -0.2) is 0 Å². The van der Waals surface area contributed by atoms with Gasteiger partial charge in [-0.2, -0.15) is 0 Å². The second kappa shape index (κ2) is 7.14. The average molecular weight is 315 g/mol. The van der Waals surface area contributed by atoms with Crippen molar-refractivity contribution in [3.63, 3.8) is 0 Å². The van der Waals surface area contributed by atoms with Crippen molar-refractivity contribution in [3.05, 3.63) is 107 Å². The maximum atomic E-state index is 12.7. The molecule has 0 spiro atoms. The van der Waals surface area contributed by atoms with Crippen LogP contribution in [0, 0.1) is 13.8 Å². The summed E-state index contributed by atoms with van der Waals surface area (Å²) in [5, 5.41) is 3.19. The Morgan fingerprint density at radius 2 is 1.42 bits per heavy atom. The number of rotatable bonds is 4. The molecule has 0 bridgehead atoms. The largest absolute Gasteiger partial charge is 0.341 e. The molecule has 0 heterocycles. The third-order valence-electron chi connectivity index (χ3n) is 4.22. The van der Waals surface area contributed by atoms with Gasteiger partial charge in [0, 0.05) is 5.56 Å². The molecule has 2 heteroatoms. The van der Waals surface area contributed by atoms with Gasteiger partial charge in [0.2, 0.25) is 0 Å². The van der Waals surface area contributed by atoms with Crippen LogP contribution in [0.3, 0.4) is 0 Å². The monoisotopic (exact) mass is 315 g/mol. The summed E-state index contributed by atoms with van der Waals surface area (Å²) in [6.45, 7) is 4.09. The fraction of sp³-hybridized carbons (Fsp3) is 0.136. The zero-order valence-electron chi connectivity index (χ0n) is 14.0. The van der Waals surface area contributed by atoms with E-state index in [0.29, 0.717) is 5.56 Å². The summed E-state index contributed by atoms with van der Waals surface area (Å²) in [5.41, 5.74) is 5.17. The Morgan fingerprint density at radius 1 is 0.792 bits per heavy atom. The molecule has 0 aliphatic rings. The number of nitrogens with one attached hydrogen (secondary N) is 1. The van der Waals surface area contributed by atoms with Gasteiger partial charge in [0.05, 0.1) is 6.04 Å². The molecule has 0 unspecified atom stereocenters. The van der Waals surface area contributed by atoms with Crippen molar-refractivity contribution in [1.29, 1.82) is 0 Å². The van der Waals surface area contributed by atoms with E-state index in [2.05, 4.69) is 24.4 Å². The van der Waals surface area contributed by atoms with Crippen molar-refractivity contribution in [2.24, 2.45) is 0 Å². The molecule has 0 radical (unpaired) electrons. The first-order valence-electron chi connectivity index (χ1n) is 8.13. The summed E-state index contributed by atoms with van der Waals surface area (Å²) in [6.07, 6.45) is 0. The SMILES string of the molecule is Cc1ccc(C(=O)N[C@@H](c2ccccc2)c2ccccc2C)cc1. The van der Waals surface area contributed by atoms with E-state index in [4.69, 9.17) is 0 Å². The summed E-state index contributed by atoms with van der Waals surface area (Å²) in [6, 6.07) is 25.7. The van der Waals surface area contributed by atoms with Crippen molar-refractivity contribution in [3.8, 4) is 0 Å². The lowest BCUT2D eigenvalue weighted by Crippen LogP contribution is -2.29. The first-order valence-corrected chi connectivity index (χ1v) is 8.13. The number of hydrogen-bond donors (Lipinski definition) is 1. The predicted molar refractivity (Wildman–Crippen MR) is 98.1 cm³/mol. The second-order valence-corrected chi connectivity index (χ2v) is 6.04. The van der Waals surface area contributed by atoms with Crippen molar-refractivity contribution in [1.82, 2.24) is 5.32 Å². The van der Waals surface area contributed by atoms with Gasteiger partial charge in [0.15, 0.2) is 0 Å². The standard InChI is InChI=1S/C22H21NO/c1-16-12-14-19(15-13-16)22(24)23-21(18-9-4-3-5-10-18)20-11-7-6-8-17(20)2/h3-15,21H,1-2H3,(H,23,24)/t21-/m0/s1. The lowest BCUT2D eigenvalue weighted by atomic mass is 9.94. The molecule has 0 aliphatic carbocycles. The fourth-order valence-electron chi connectivity index (χ4n) is 2.82. The number of carbonyl (C=O) groups excluding carboxylic acids is 1.